The minimum atomic E-state index is -4.33. The van der Waals surface area contributed by atoms with Crippen LogP contribution in [0.15, 0.2) is 48.9 Å². The van der Waals surface area contributed by atoms with Gasteiger partial charge in [0.05, 0.1) is 12.1 Å². The van der Waals surface area contributed by atoms with Crippen molar-refractivity contribution in [1.82, 2.24) is 14.0 Å². The first-order valence-corrected chi connectivity index (χ1v) is 7.88. The molecule has 0 saturated carbocycles. The maximum atomic E-state index is 12.7. The Hall–Kier alpha value is -3.27. The molecular weight excluding hydrogens is 341 g/mol. The number of pyridine rings is 1. The summed E-state index contributed by atoms with van der Waals surface area (Å²) in [4.78, 5) is 4.06. The number of nitrogens with zero attached hydrogens (tertiary/aromatic N) is 4. The molecule has 0 aliphatic carbocycles. The summed E-state index contributed by atoms with van der Waals surface area (Å²) in [6.07, 6.45) is -0.766. The van der Waals surface area contributed by atoms with Gasteiger partial charge in [-0.25, -0.2) is 4.98 Å². The molecule has 0 aliphatic rings. The molecule has 4 aromatic rings. The van der Waals surface area contributed by atoms with Crippen molar-refractivity contribution >= 4 is 16.6 Å². The van der Waals surface area contributed by atoms with Crippen LogP contribution in [0, 0.1) is 11.3 Å². The maximum Gasteiger partial charge on any atom is 0.394 e. The van der Waals surface area contributed by atoms with E-state index in [0.29, 0.717) is 5.56 Å². The first kappa shape index (κ1) is 16.2. The molecule has 0 N–H and O–H groups in total. The molecule has 0 radical (unpaired) electrons. The van der Waals surface area contributed by atoms with Crippen molar-refractivity contribution in [3.8, 4) is 17.2 Å². The number of aromatic nitrogens is 3. The summed E-state index contributed by atoms with van der Waals surface area (Å²) in [6.45, 7) is 0. The predicted molar refractivity (Wildman–Crippen MR) is 91.6 cm³/mol. The maximum absolute atomic E-state index is 12.7. The quantitative estimate of drug-likeness (QED) is 0.533. The number of rotatable bonds is 2. The largest absolute Gasteiger partial charge is 0.394 e. The summed E-state index contributed by atoms with van der Waals surface area (Å²) < 4.78 is 41.5. The number of hydrogen-bond donors (Lipinski definition) is 0. The Morgan fingerprint density at radius 3 is 2.69 bits per heavy atom. The highest BCUT2D eigenvalue weighted by Crippen LogP contribution is 2.30. The van der Waals surface area contributed by atoms with Crippen molar-refractivity contribution in [2.45, 2.75) is 12.6 Å². The van der Waals surface area contributed by atoms with Crippen LogP contribution in [-0.4, -0.2) is 20.1 Å². The zero-order valence-corrected chi connectivity index (χ0v) is 13.7. The van der Waals surface area contributed by atoms with Crippen molar-refractivity contribution < 1.29 is 13.2 Å². The van der Waals surface area contributed by atoms with Crippen LogP contribution in [0.3, 0.4) is 0 Å². The number of hydrogen-bond acceptors (Lipinski definition) is 2. The molecule has 0 aliphatic heterocycles. The molecule has 0 fully saturated rings. The van der Waals surface area contributed by atoms with E-state index < -0.39 is 12.6 Å². The standard InChI is InChI=1S/C19H13F3N4/c1-25-6-4-13-8-12(2-3-17(13)25)15-5-7-26-14(9-19(20,21)22)11-24-18(26)16(15)10-23/h2-8,11H,9H2,1H3. The fraction of sp³-hybridized carbons (Fsp3) is 0.158. The van der Waals surface area contributed by atoms with Crippen LogP contribution in [0.25, 0.3) is 27.7 Å². The van der Waals surface area contributed by atoms with Gasteiger partial charge in [0.15, 0.2) is 5.65 Å². The van der Waals surface area contributed by atoms with Crippen molar-refractivity contribution in [1.29, 1.82) is 5.26 Å². The Labute approximate surface area is 146 Å². The molecule has 130 valence electrons. The lowest BCUT2D eigenvalue weighted by Gasteiger charge is -2.09. The highest BCUT2D eigenvalue weighted by Gasteiger charge is 2.29. The molecule has 0 unspecified atom stereocenters. The molecule has 3 aromatic heterocycles. The smallest absolute Gasteiger partial charge is 0.351 e. The number of benzene rings is 1. The molecule has 0 amide bonds. The lowest BCUT2D eigenvalue weighted by Crippen LogP contribution is -2.13. The highest BCUT2D eigenvalue weighted by molar-refractivity contribution is 5.88. The van der Waals surface area contributed by atoms with Crippen LogP contribution in [0.2, 0.25) is 0 Å². The van der Waals surface area contributed by atoms with Gasteiger partial charge >= 0.3 is 6.18 Å². The molecule has 4 nitrogen and oxygen atoms in total. The van der Waals surface area contributed by atoms with Crippen LogP contribution in [0.4, 0.5) is 13.2 Å². The number of fused-ring (bicyclic) bond motifs is 2. The topological polar surface area (TPSA) is 46.0 Å². The van der Waals surface area contributed by atoms with E-state index >= 15 is 0 Å². The third-order valence-electron chi connectivity index (χ3n) is 4.45. The summed E-state index contributed by atoms with van der Waals surface area (Å²) >= 11 is 0. The van der Waals surface area contributed by atoms with Crippen molar-refractivity contribution in [3.05, 3.63) is 60.2 Å². The number of halogens is 3. The molecule has 0 spiro atoms. The van der Waals surface area contributed by atoms with Gasteiger partial charge in [-0.05, 0) is 29.8 Å². The Kier molecular flexibility index (Phi) is 3.51. The Bertz CT molecular complexity index is 1180. The summed E-state index contributed by atoms with van der Waals surface area (Å²) in [7, 11) is 1.95. The monoisotopic (exact) mass is 354 g/mol. The number of imidazole rings is 1. The van der Waals surface area contributed by atoms with Crippen LogP contribution in [0.1, 0.15) is 11.3 Å². The molecule has 0 atom stereocenters. The molecule has 4 rings (SSSR count). The second-order valence-corrected chi connectivity index (χ2v) is 6.15. The second kappa shape index (κ2) is 5.63. The summed E-state index contributed by atoms with van der Waals surface area (Å²) in [5.41, 5.74) is 3.03. The molecule has 0 bridgehead atoms. The van der Waals surface area contributed by atoms with E-state index in [0.717, 1.165) is 16.5 Å². The second-order valence-electron chi connectivity index (χ2n) is 6.15. The molecule has 1 aromatic carbocycles. The van der Waals surface area contributed by atoms with E-state index in [1.165, 1.54) is 16.8 Å². The molecular formula is C19H13F3N4. The van der Waals surface area contributed by atoms with Crippen molar-refractivity contribution in [2.24, 2.45) is 7.05 Å². The molecule has 3 heterocycles. The zero-order chi connectivity index (χ0) is 18.5. The number of nitriles is 1. The van der Waals surface area contributed by atoms with Gasteiger partial charge in [-0.3, -0.25) is 0 Å². The third-order valence-corrected chi connectivity index (χ3v) is 4.45. The van der Waals surface area contributed by atoms with E-state index in [9.17, 15) is 18.4 Å². The molecule has 7 heteroatoms. The normalized spacial score (nSPS) is 12.0. The van der Waals surface area contributed by atoms with Crippen LogP contribution in [0.5, 0.6) is 0 Å². The predicted octanol–water partition coefficient (Wildman–Crippen LogP) is 4.47. The Morgan fingerprint density at radius 1 is 1.15 bits per heavy atom. The SMILES string of the molecule is Cn1ccc2cc(-c3ccn4c(CC(F)(F)F)cnc4c3C#N)ccc21. The van der Waals surface area contributed by atoms with E-state index in [1.807, 2.05) is 42.1 Å². The van der Waals surface area contributed by atoms with Crippen LogP contribution >= 0.6 is 0 Å². The van der Waals surface area contributed by atoms with Gasteiger partial charge in [0.1, 0.15) is 11.6 Å². The molecule has 26 heavy (non-hydrogen) atoms. The first-order chi connectivity index (χ1) is 12.4. The van der Waals surface area contributed by atoms with E-state index in [-0.39, 0.29) is 16.9 Å². The summed E-state index contributed by atoms with van der Waals surface area (Å²) in [5.74, 6) is 0. The fourth-order valence-corrected chi connectivity index (χ4v) is 3.24. The Morgan fingerprint density at radius 2 is 1.96 bits per heavy atom. The minimum Gasteiger partial charge on any atom is -0.351 e. The number of alkyl halides is 3. The van der Waals surface area contributed by atoms with Gasteiger partial charge < -0.3 is 8.97 Å². The third kappa shape index (κ3) is 2.60. The van der Waals surface area contributed by atoms with Crippen LogP contribution < -0.4 is 0 Å². The highest BCUT2D eigenvalue weighted by atomic mass is 19.4. The van der Waals surface area contributed by atoms with Gasteiger partial charge in [0, 0.05) is 42.1 Å². The lowest BCUT2D eigenvalue weighted by molar-refractivity contribution is -0.127. The van der Waals surface area contributed by atoms with Gasteiger partial charge in [0.25, 0.3) is 0 Å². The number of aryl methyl sites for hydroxylation is 1. The fourth-order valence-electron chi connectivity index (χ4n) is 3.24. The van der Waals surface area contributed by atoms with Crippen molar-refractivity contribution in [2.75, 3.05) is 0 Å². The van der Waals surface area contributed by atoms with Gasteiger partial charge in [-0.15, -0.1) is 0 Å². The van der Waals surface area contributed by atoms with Gasteiger partial charge in [-0.1, -0.05) is 6.07 Å². The average molecular weight is 354 g/mol. The van der Waals surface area contributed by atoms with Gasteiger partial charge in [0.2, 0.25) is 0 Å². The molecule has 0 saturated heterocycles. The minimum absolute atomic E-state index is 0.00839. The zero-order valence-electron chi connectivity index (χ0n) is 13.7. The lowest BCUT2D eigenvalue weighted by atomic mass is 10.0. The summed E-state index contributed by atoms with van der Waals surface area (Å²) in [6, 6.07) is 11.5. The van der Waals surface area contributed by atoms with E-state index in [4.69, 9.17) is 0 Å². The first-order valence-electron chi connectivity index (χ1n) is 7.88. The Balaban J connectivity index is 1.88. The average Bonchev–Trinajstić information content (AvgIpc) is 3.16. The van der Waals surface area contributed by atoms with Gasteiger partial charge in [-0.2, -0.15) is 18.4 Å². The van der Waals surface area contributed by atoms with Crippen molar-refractivity contribution in [3.63, 3.8) is 0 Å². The van der Waals surface area contributed by atoms with E-state index in [1.54, 1.807) is 6.07 Å². The van der Waals surface area contributed by atoms with E-state index in [2.05, 4.69) is 11.1 Å². The summed E-state index contributed by atoms with van der Waals surface area (Å²) in [5, 5.41) is 10.6. The van der Waals surface area contributed by atoms with Crippen LogP contribution in [-0.2, 0) is 13.5 Å².